The van der Waals surface area contributed by atoms with Crippen LogP contribution in [0.15, 0.2) is 46.2 Å². The zero-order valence-electron chi connectivity index (χ0n) is 17.7. The van der Waals surface area contributed by atoms with E-state index in [0.29, 0.717) is 39.9 Å². The second-order valence-corrected chi connectivity index (χ2v) is 7.78. The molecule has 0 radical (unpaired) electrons. The lowest BCUT2D eigenvalue weighted by Gasteiger charge is -2.27. The Labute approximate surface area is 183 Å². The molecule has 0 saturated carbocycles. The maximum Gasteiger partial charge on any atom is 0.271 e. The standard InChI is InChI=1S/C22H23N3O5S/c1-27-16-7-5-6-14(8-16)9-19-21(26)25-13-24(12-23-22(25)31-19)15-10-17(28-2)20(30-4)18(11-15)29-3/h5-11H,12-13H2,1-4H3/b19-9-. The van der Waals surface area contributed by atoms with Crippen LogP contribution in [-0.2, 0) is 6.67 Å². The normalized spacial score (nSPS) is 13.4. The van der Waals surface area contributed by atoms with Gasteiger partial charge in [0.2, 0.25) is 5.75 Å². The highest BCUT2D eigenvalue weighted by molar-refractivity contribution is 7.07. The van der Waals surface area contributed by atoms with Gasteiger partial charge in [-0.2, -0.15) is 0 Å². The number of aromatic nitrogens is 1. The summed E-state index contributed by atoms with van der Waals surface area (Å²) in [5, 5.41) is 0. The molecule has 0 unspecified atom stereocenters. The molecule has 0 saturated heterocycles. The molecule has 0 N–H and O–H groups in total. The molecule has 1 aromatic heterocycles. The van der Waals surface area contributed by atoms with Gasteiger partial charge in [0.15, 0.2) is 16.3 Å². The summed E-state index contributed by atoms with van der Waals surface area (Å²) in [6, 6.07) is 11.3. The molecular formula is C22H23N3O5S. The molecule has 0 fully saturated rings. The van der Waals surface area contributed by atoms with E-state index in [-0.39, 0.29) is 5.56 Å². The zero-order chi connectivity index (χ0) is 22.0. The predicted molar refractivity (Wildman–Crippen MR) is 119 cm³/mol. The van der Waals surface area contributed by atoms with Gasteiger partial charge in [-0.15, -0.1) is 0 Å². The number of fused-ring (bicyclic) bond motifs is 1. The number of anilines is 1. The van der Waals surface area contributed by atoms with Crippen LogP contribution in [0.25, 0.3) is 6.08 Å². The van der Waals surface area contributed by atoms with E-state index in [0.717, 1.165) is 17.0 Å². The van der Waals surface area contributed by atoms with Gasteiger partial charge in [0.05, 0.1) is 33.0 Å². The van der Waals surface area contributed by atoms with Crippen LogP contribution in [0, 0.1) is 0 Å². The number of thiazole rings is 1. The topological polar surface area (TPSA) is 74.5 Å². The van der Waals surface area contributed by atoms with Crippen molar-refractivity contribution in [2.45, 2.75) is 6.67 Å². The van der Waals surface area contributed by atoms with E-state index in [1.54, 1.807) is 33.0 Å². The summed E-state index contributed by atoms with van der Waals surface area (Å²) in [4.78, 5) is 20.3. The average Bonchev–Trinajstić information content (AvgIpc) is 3.12. The number of benzene rings is 2. The Kier molecular flexibility index (Phi) is 5.85. The SMILES string of the molecule is COc1cccc(/C=c2\sc3n(c2=O)CN(c2cc(OC)c(OC)c(OC)c2)CN=3)c1. The molecule has 3 aromatic rings. The summed E-state index contributed by atoms with van der Waals surface area (Å²) in [5.74, 6) is 2.36. The quantitative estimate of drug-likeness (QED) is 0.581. The fourth-order valence-corrected chi connectivity index (χ4v) is 4.37. The van der Waals surface area contributed by atoms with E-state index in [4.69, 9.17) is 18.9 Å². The number of hydrogen-bond donors (Lipinski definition) is 0. The molecule has 9 heteroatoms. The number of nitrogens with zero attached hydrogens (tertiary/aromatic N) is 3. The molecule has 31 heavy (non-hydrogen) atoms. The summed E-state index contributed by atoms with van der Waals surface area (Å²) in [6.45, 7) is 0.788. The van der Waals surface area contributed by atoms with Crippen LogP contribution in [0.3, 0.4) is 0 Å². The highest BCUT2D eigenvalue weighted by atomic mass is 32.1. The van der Waals surface area contributed by atoms with E-state index in [1.165, 1.54) is 11.3 Å². The molecule has 0 atom stereocenters. The minimum Gasteiger partial charge on any atom is -0.497 e. The molecule has 8 nitrogen and oxygen atoms in total. The van der Waals surface area contributed by atoms with Crippen LogP contribution in [0.5, 0.6) is 23.0 Å². The lowest BCUT2D eigenvalue weighted by Crippen LogP contribution is -2.42. The van der Waals surface area contributed by atoms with Crippen molar-refractivity contribution in [3.8, 4) is 23.0 Å². The summed E-state index contributed by atoms with van der Waals surface area (Å²) in [7, 11) is 6.33. The first-order valence-corrected chi connectivity index (χ1v) is 10.3. The smallest absolute Gasteiger partial charge is 0.271 e. The maximum atomic E-state index is 13.1. The molecule has 162 valence electrons. The highest BCUT2D eigenvalue weighted by Crippen LogP contribution is 2.41. The first kappa shape index (κ1) is 20.8. The van der Waals surface area contributed by atoms with Crippen LogP contribution in [0.2, 0.25) is 0 Å². The van der Waals surface area contributed by atoms with E-state index in [9.17, 15) is 4.79 Å². The Morgan fingerprint density at radius 1 is 1.00 bits per heavy atom. The average molecular weight is 442 g/mol. The van der Waals surface area contributed by atoms with Crippen molar-refractivity contribution in [2.75, 3.05) is 40.0 Å². The first-order chi connectivity index (χ1) is 15.1. The third kappa shape index (κ3) is 3.96. The van der Waals surface area contributed by atoms with Crippen LogP contribution in [0.1, 0.15) is 5.56 Å². The van der Waals surface area contributed by atoms with Crippen molar-refractivity contribution < 1.29 is 18.9 Å². The minimum atomic E-state index is -0.0799. The summed E-state index contributed by atoms with van der Waals surface area (Å²) >= 11 is 1.38. The lowest BCUT2D eigenvalue weighted by atomic mass is 10.2. The molecule has 0 spiro atoms. The molecule has 2 heterocycles. The van der Waals surface area contributed by atoms with Gasteiger partial charge in [0.1, 0.15) is 19.1 Å². The predicted octanol–water partition coefficient (Wildman–Crippen LogP) is 1.83. The Hall–Kier alpha value is -3.46. The van der Waals surface area contributed by atoms with Gasteiger partial charge in [-0.05, 0) is 23.8 Å². The van der Waals surface area contributed by atoms with Gasteiger partial charge < -0.3 is 23.8 Å². The van der Waals surface area contributed by atoms with Gasteiger partial charge >= 0.3 is 0 Å². The highest BCUT2D eigenvalue weighted by Gasteiger charge is 2.20. The van der Waals surface area contributed by atoms with Gasteiger partial charge in [-0.3, -0.25) is 9.36 Å². The summed E-state index contributed by atoms with van der Waals surface area (Å²) in [5.41, 5.74) is 1.64. The van der Waals surface area contributed by atoms with Crippen LogP contribution in [-0.4, -0.2) is 39.7 Å². The number of hydrogen-bond acceptors (Lipinski definition) is 8. The molecule has 1 aliphatic rings. The van der Waals surface area contributed by atoms with Crippen LogP contribution < -0.4 is 38.7 Å². The first-order valence-electron chi connectivity index (χ1n) is 9.52. The molecule has 0 bridgehead atoms. The van der Waals surface area contributed by atoms with Crippen molar-refractivity contribution >= 4 is 23.1 Å². The fourth-order valence-electron chi connectivity index (χ4n) is 3.41. The molecule has 0 amide bonds. The Morgan fingerprint density at radius 2 is 1.74 bits per heavy atom. The van der Waals surface area contributed by atoms with E-state index in [2.05, 4.69) is 4.99 Å². The fraction of sp³-hybridized carbons (Fsp3) is 0.273. The monoisotopic (exact) mass is 441 g/mol. The maximum absolute atomic E-state index is 13.1. The molecule has 1 aliphatic heterocycles. The number of ether oxygens (including phenoxy) is 4. The lowest BCUT2D eigenvalue weighted by molar-refractivity contribution is 0.324. The van der Waals surface area contributed by atoms with Crippen molar-refractivity contribution in [2.24, 2.45) is 4.99 Å². The second kappa shape index (κ2) is 8.73. The molecular weight excluding hydrogens is 418 g/mol. The van der Waals surface area contributed by atoms with Gasteiger partial charge in [0, 0.05) is 17.8 Å². The summed E-state index contributed by atoms with van der Waals surface area (Å²) in [6.07, 6.45) is 1.86. The second-order valence-electron chi connectivity index (χ2n) is 6.77. The Bertz CT molecular complexity index is 1260. The van der Waals surface area contributed by atoms with E-state index >= 15 is 0 Å². The largest absolute Gasteiger partial charge is 0.497 e. The van der Waals surface area contributed by atoms with Gasteiger partial charge in [-0.1, -0.05) is 23.5 Å². The third-order valence-electron chi connectivity index (χ3n) is 4.98. The number of methoxy groups -OCH3 is 4. The van der Waals surface area contributed by atoms with Crippen molar-refractivity contribution in [1.29, 1.82) is 0 Å². The van der Waals surface area contributed by atoms with Crippen molar-refractivity contribution in [3.63, 3.8) is 0 Å². The van der Waals surface area contributed by atoms with Crippen molar-refractivity contribution in [3.05, 3.63) is 61.6 Å². The van der Waals surface area contributed by atoms with E-state index in [1.807, 2.05) is 47.4 Å². The molecule has 2 aromatic carbocycles. The van der Waals surface area contributed by atoms with Gasteiger partial charge in [-0.25, -0.2) is 4.99 Å². The zero-order valence-corrected chi connectivity index (χ0v) is 18.6. The summed E-state index contributed by atoms with van der Waals surface area (Å²) < 4.78 is 23.9. The number of rotatable bonds is 6. The van der Waals surface area contributed by atoms with Crippen molar-refractivity contribution in [1.82, 2.24) is 4.57 Å². The Balaban J connectivity index is 1.70. The van der Waals surface area contributed by atoms with Crippen LogP contribution >= 0.6 is 11.3 Å². The van der Waals surface area contributed by atoms with Gasteiger partial charge in [0.25, 0.3) is 5.56 Å². The minimum absolute atomic E-state index is 0.0799. The Morgan fingerprint density at radius 3 is 2.39 bits per heavy atom. The third-order valence-corrected chi connectivity index (χ3v) is 6.03. The van der Waals surface area contributed by atoms with Crippen LogP contribution in [0.4, 0.5) is 5.69 Å². The molecule has 0 aliphatic carbocycles. The van der Waals surface area contributed by atoms with E-state index < -0.39 is 0 Å². The molecule has 4 rings (SSSR count).